The summed E-state index contributed by atoms with van der Waals surface area (Å²) in [7, 11) is 0. The first-order valence-electron chi connectivity index (χ1n) is 7.35. The molecule has 0 aromatic carbocycles. The fraction of sp³-hybridized carbons (Fsp3) is 0.400. The number of carbonyl (C=O) groups excluding carboxylic acids is 2. The van der Waals surface area contributed by atoms with E-state index in [9.17, 15) is 9.59 Å². The third-order valence-corrected chi connectivity index (χ3v) is 4.61. The number of likely N-dealkylation sites (tertiary alicyclic amines) is 1. The van der Waals surface area contributed by atoms with Crippen molar-refractivity contribution in [3.63, 3.8) is 0 Å². The minimum atomic E-state index is -0.354. The molecular formula is C15H18N4O2S. The Morgan fingerprint density at radius 2 is 2.32 bits per heavy atom. The van der Waals surface area contributed by atoms with Gasteiger partial charge < -0.3 is 10.2 Å². The Hall–Kier alpha value is -2.15. The first-order valence-corrected chi connectivity index (χ1v) is 8.23. The Balaban J connectivity index is 1.55. The standard InChI is InChI=1S/C15H18N4O2S/c20-14(16-7-10-18-8-3-6-17-18)12-4-1-9-19(12)15(21)13-5-2-11-22-13/h2-3,5-6,8,11-12H,1,4,7,9-10H2,(H,16,20)/t12-/m0/s1. The molecule has 1 aliphatic rings. The van der Waals surface area contributed by atoms with E-state index in [1.54, 1.807) is 21.8 Å². The molecule has 116 valence electrons. The summed E-state index contributed by atoms with van der Waals surface area (Å²) in [4.78, 5) is 27.1. The number of carbonyl (C=O) groups is 2. The van der Waals surface area contributed by atoms with Gasteiger partial charge in [-0.2, -0.15) is 5.10 Å². The summed E-state index contributed by atoms with van der Waals surface area (Å²) in [6.07, 6.45) is 5.16. The highest BCUT2D eigenvalue weighted by Gasteiger charge is 2.34. The van der Waals surface area contributed by atoms with E-state index in [2.05, 4.69) is 10.4 Å². The average Bonchev–Trinajstić information content (AvgIpc) is 3.26. The summed E-state index contributed by atoms with van der Waals surface area (Å²) in [5.41, 5.74) is 0. The van der Waals surface area contributed by atoms with Crippen LogP contribution in [0.1, 0.15) is 22.5 Å². The van der Waals surface area contributed by atoms with Crippen molar-refractivity contribution in [1.82, 2.24) is 20.0 Å². The third kappa shape index (κ3) is 3.19. The third-order valence-electron chi connectivity index (χ3n) is 3.75. The highest BCUT2D eigenvalue weighted by molar-refractivity contribution is 7.12. The van der Waals surface area contributed by atoms with Gasteiger partial charge in [-0.05, 0) is 30.4 Å². The van der Waals surface area contributed by atoms with Gasteiger partial charge in [0.05, 0.1) is 11.4 Å². The van der Waals surface area contributed by atoms with Crippen LogP contribution in [0.15, 0.2) is 36.0 Å². The molecule has 1 saturated heterocycles. The Morgan fingerprint density at radius 1 is 1.41 bits per heavy atom. The summed E-state index contributed by atoms with van der Waals surface area (Å²) in [5, 5.41) is 8.87. The molecule has 3 heterocycles. The molecule has 6 nitrogen and oxygen atoms in total. The topological polar surface area (TPSA) is 67.2 Å². The van der Waals surface area contributed by atoms with Gasteiger partial charge in [0, 0.05) is 25.5 Å². The van der Waals surface area contributed by atoms with Gasteiger partial charge in [0.15, 0.2) is 0 Å². The molecule has 2 aromatic heterocycles. The van der Waals surface area contributed by atoms with Crippen molar-refractivity contribution in [2.24, 2.45) is 0 Å². The Labute approximate surface area is 132 Å². The molecule has 7 heteroatoms. The van der Waals surface area contributed by atoms with E-state index >= 15 is 0 Å². The molecule has 1 N–H and O–H groups in total. The van der Waals surface area contributed by atoms with Crippen molar-refractivity contribution in [2.45, 2.75) is 25.4 Å². The van der Waals surface area contributed by atoms with Crippen molar-refractivity contribution in [1.29, 1.82) is 0 Å². The zero-order valence-electron chi connectivity index (χ0n) is 12.1. The molecule has 2 aromatic rings. The Bertz CT molecular complexity index is 624. The number of amides is 2. The molecule has 0 spiro atoms. The fourth-order valence-electron chi connectivity index (χ4n) is 2.67. The lowest BCUT2D eigenvalue weighted by molar-refractivity contribution is -0.124. The number of aromatic nitrogens is 2. The van der Waals surface area contributed by atoms with Crippen LogP contribution in [-0.4, -0.2) is 45.6 Å². The minimum Gasteiger partial charge on any atom is -0.352 e. The Kier molecular flexibility index (Phi) is 4.53. The van der Waals surface area contributed by atoms with Crippen LogP contribution in [0.2, 0.25) is 0 Å². The van der Waals surface area contributed by atoms with Gasteiger partial charge >= 0.3 is 0 Å². The predicted octanol–water partition coefficient (Wildman–Crippen LogP) is 1.37. The van der Waals surface area contributed by atoms with Crippen LogP contribution < -0.4 is 5.32 Å². The van der Waals surface area contributed by atoms with Gasteiger partial charge in [0.2, 0.25) is 5.91 Å². The zero-order valence-corrected chi connectivity index (χ0v) is 13.0. The van der Waals surface area contributed by atoms with Gasteiger partial charge in [-0.25, -0.2) is 0 Å². The van der Waals surface area contributed by atoms with Crippen LogP contribution in [0.4, 0.5) is 0 Å². The van der Waals surface area contributed by atoms with Crippen LogP contribution in [0, 0.1) is 0 Å². The van der Waals surface area contributed by atoms with Crippen molar-refractivity contribution in [3.8, 4) is 0 Å². The van der Waals surface area contributed by atoms with Crippen molar-refractivity contribution in [3.05, 3.63) is 40.8 Å². The maximum Gasteiger partial charge on any atom is 0.264 e. The molecule has 1 atom stereocenters. The number of hydrogen-bond acceptors (Lipinski definition) is 4. The van der Waals surface area contributed by atoms with Gasteiger partial charge in [-0.3, -0.25) is 14.3 Å². The lowest BCUT2D eigenvalue weighted by Gasteiger charge is -2.23. The molecular weight excluding hydrogens is 300 g/mol. The molecule has 0 unspecified atom stereocenters. The first-order chi connectivity index (χ1) is 10.8. The Morgan fingerprint density at radius 3 is 3.05 bits per heavy atom. The summed E-state index contributed by atoms with van der Waals surface area (Å²) in [6.45, 7) is 1.79. The van der Waals surface area contributed by atoms with Crippen molar-refractivity contribution in [2.75, 3.05) is 13.1 Å². The molecule has 0 radical (unpaired) electrons. The molecule has 0 aliphatic carbocycles. The number of thiophene rings is 1. The molecule has 3 rings (SSSR count). The molecule has 22 heavy (non-hydrogen) atoms. The monoisotopic (exact) mass is 318 g/mol. The van der Waals surface area contributed by atoms with Crippen molar-refractivity contribution < 1.29 is 9.59 Å². The average molecular weight is 318 g/mol. The minimum absolute atomic E-state index is 0.0419. The van der Waals surface area contributed by atoms with Crippen LogP contribution in [0.5, 0.6) is 0 Å². The molecule has 0 saturated carbocycles. The number of nitrogens with zero attached hydrogens (tertiary/aromatic N) is 3. The number of rotatable bonds is 5. The maximum absolute atomic E-state index is 12.4. The zero-order chi connectivity index (χ0) is 15.4. The van der Waals surface area contributed by atoms with Gasteiger partial charge in [0.1, 0.15) is 6.04 Å². The second kappa shape index (κ2) is 6.74. The largest absolute Gasteiger partial charge is 0.352 e. The van der Waals surface area contributed by atoms with Gasteiger partial charge in [-0.1, -0.05) is 6.07 Å². The number of nitrogens with one attached hydrogen (secondary N) is 1. The van der Waals surface area contributed by atoms with E-state index in [0.29, 0.717) is 24.5 Å². The fourth-order valence-corrected chi connectivity index (χ4v) is 3.35. The highest BCUT2D eigenvalue weighted by atomic mass is 32.1. The van der Waals surface area contributed by atoms with Crippen LogP contribution in [0.25, 0.3) is 0 Å². The highest BCUT2D eigenvalue weighted by Crippen LogP contribution is 2.22. The van der Waals surface area contributed by atoms with E-state index in [4.69, 9.17) is 0 Å². The van der Waals surface area contributed by atoms with E-state index in [1.165, 1.54) is 11.3 Å². The van der Waals surface area contributed by atoms with E-state index in [0.717, 1.165) is 12.8 Å². The summed E-state index contributed by atoms with van der Waals surface area (Å²) in [6, 6.07) is 5.15. The second-order valence-corrected chi connectivity index (χ2v) is 6.14. The van der Waals surface area contributed by atoms with Crippen molar-refractivity contribution >= 4 is 23.2 Å². The van der Waals surface area contributed by atoms with E-state index < -0.39 is 0 Å². The molecule has 2 amide bonds. The first kappa shape index (κ1) is 14.8. The summed E-state index contributed by atoms with van der Waals surface area (Å²) >= 11 is 1.41. The summed E-state index contributed by atoms with van der Waals surface area (Å²) in [5.74, 6) is -0.116. The van der Waals surface area contributed by atoms with E-state index in [-0.39, 0.29) is 17.9 Å². The smallest absolute Gasteiger partial charge is 0.264 e. The van der Waals surface area contributed by atoms with Gasteiger partial charge in [-0.15, -0.1) is 11.3 Å². The molecule has 1 aliphatic heterocycles. The lowest BCUT2D eigenvalue weighted by atomic mass is 10.2. The van der Waals surface area contributed by atoms with Crippen LogP contribution in [-0.2, 0) is 11.3 Å². The van der Waals surface area contributed by atoms with Gasteiger partial charge in [0.25, 0.3) is 5.91 Å². The molecule has 1 fully saturated rings. The van der Waals surface area contributed by atoms with E-state index in [1.807, 2.05) is 23.7 Å². The van der Waals surface area contributed by atoms with Crippen LogP contribution in [0.3, 0.4) is 0 Å². The normalized spacial score (nSPS) is 17.6. The number of hydrogen-bond donors (Lipinski definition) is 1. The van der Waals surface area contributed by atoms with Crippen LogP contribution >= 0.6 is 11.3 Å². The maximum atomic E-state index is 12.4. The second-order valence-electron chi connectivity index (χ2n) is 5.19. The SMILES string of the molecule is O=C(NCCn1cccn1)[C@@H]1CCCN1C(=O)c1cccs1. The predicted molar refractivity (Wildman–Crippen MR) is 83.6 cm³/mol. The summed E-state index contributed by atoms with van der Waals surface area (Å²) < 4.78 is 1.77. The quantitative estimate of drug-likeness (QED) is 0.905. The molecule has 0 bridgehead atoms. The lowest BCUT2D eigenvalue weighted by Crippen LogP contribution is -2.46.